The number of hydrogen-bond donors (Lipinski definition) is 2. The summed E-state index contributed by atoms with van der Waals surface area (Å²) >= 11 is 0. The minimum absolute atomic E-state index is 0.0682. The lowest BCUT2D eigenvalue weighted by atomic mass is 9.85. The van der Waals surface area contributed by atoms with Crippen LogP contribution in [0.3, 0.4) is 0 Å². The number of carbonyl (C=O) groups is 2. The number of nitrogens with two attached hydrogens (primary N) is 2. The molecule has 0 aromatic heterocycles. The molecule has 2 amide bonds. The van der Waals surface area contributed by atoms with Gasteiger partial charge in [-0.15, -0.1) is 0 Å². The summed E-state index contributed by atoms with van der Waals surface area (Å²) in [5, 5.41) is 0. The highest BCUT2D eigenvalue weighted by Crippen LogP contribution is 2.22. The summed E-state index contributed by atoms with van der Waals surface area (Å²) < 4.78 is 0. The van der Waals surface area contributed by atoms with Gasteiger partial charge in [0.05, 0.1) is 0 Å². The summed E-state index contributed by atoms with van der Waals surface area (Å²) in [6.07, 6.45) is 1.71. The van der Waals surface area contributed by atoms with Crippen molar-refractivity contribution >= 4 is 11.8 Å². The molecule has 5 nitrogen and oxygen atoms in total. The molecule has 1 unspecified atom stereocenters. The molecular formula is C13H25N3O2. The van der Waals surface area contributed by atoms with Gasteiger partial charge in [-0.1, -0.05) is 20.8 Å². The van der Waals surface area contributed by atoms with Crippen molar-refractivity contribution in [1.82, 2.24) is 4.90 Å². The number of piperidine rings is 1. The first-order valence-corrected chi connectivity index (χ1v) is 6.54. The summed E-state index contributed by atoms with van der Waals surface area (Å²) in [6.45, 7) is 7.32. The Balaban J connectivity index is 2.43. The lowest BCUT2D eigenvalue weighted by molar-refractivity contribution is -0.135. The minimum atomic E-state index is -0.256. The van der Waals surface area contributed by atoms with Gasteiger partial charge in [0.1, 0.15) is 0 Å². The number of likely N-dealkylation sites (tertiary alicyclic amines) is 1. The van der Waals surface area contributed by atoms with E-state index in [0.717, 1.165) is 0 Å². The third kappa shape index (κ3) is 3.98. The number of amides is 2. The summed E-state index contributed by atoms with van der Waals surface area (Å²) in [7, 11) is 0. The second-order valence-corrected chi connectivity index (χ2v) is 6.23. The first-order valence-electron chi connectivity index (χ1n) is 6.54. The average molecular weight is 255 g/mol. The maximum atomic E-state index is 12.1. The SMILES string of the molecule is CC(C)(C)C(N)CC(=O)N1CCC(C(N)=O)CC1. The van der Waals surface area contributed by atoms with Crippen LogP contribution in [0.15, 0.2) is 0 Å². The van der Waals surface area contributed by atoms with Crippen LogP contribution in [0.2, 0.25) is 0 Å². The van der Waals surface area contributed by atoms with Crippen LogP contribution in [0.4, 0.5) is 0 Å². The van der Waals surface area contributed by atoms with E-state index in [2.05, 4.69) is 0 Å². The van der Waals surface area contributed by atoms with Crippen molar-refractivity contribution in [3.63, 3.8) is 0 Å². The van der Waals surface area contributed by atoms with Gasteiger partial charge in [-0.3, -0.25) is 9.59 Å². The van der Waals surface area contributed by atoms with Crippen LogP contribution in [0.5, 0.6) is 0 Å². The Kier molecular flexibility index (Phi) is 4.73. The van der Waals surface area contributed by atoms with E-state index in [0.29, 0.717) is 32.4 Å². The monoisotopic (exact) mass is 255 g/mol. The van der Waals surface area contributed by atoms with Gasteiger partial charge in [0.15, 0.2) is 0 Å². The molecule has 0 radical (unpaired) electrons. The van der Waals surface area contributed by atoms with Crippen molar-refractivity contribution in [3.05, 3.63) is 0 Å². The van der Waals surface area contributed by atoms with Gasteiger partial charge in [-0.25, -0.2) is 0 Å². The Labute approximate surface area is 109 Å². The van der Waals surface area contributed by atoms with Crippen molar-refractivity contribution in [2.45, 2.75) is 46.1 Å². The predicted molar refractivity (Wildman–Crippen MR) is 70.5 cm³/mol. The Hall–Kier alpha value is -1.10. The molecule has 5 heteroatoms. The largest absolute Gasteiger partial charge is 0.369 e. The van der Waals surface area contributed by atoms with E-state index in [-0.39, 0.29) is 29.2 Å². The number of rotatable bonds is 3. The van der Waals surface area contributed by atoms with Crippen LogP contribution >= 0.6 is 0 Å². The first-order chi connectivity index (χ1) is 8.21. The molecule has 4 N–H and O–H groups in total. The standard InChI is InChI=1S/C13H25N3O2/c1-13(2,3)10(14)8-11(17)16-6-4-9(5-7-16)12(15)18/h9-10H,4-8,14H2,1-3H3,(H2,15,18). The molecule has 1 saturated heterocycles. The topological polar surface area (TPSA) is 89.4 Å². The zero-order valence-corrected chi connectivity index (χ0v) is 11.6. The van der Waals surface area contributed by atoms with E-state index in [1.54, 1.807) is 4.90 Å². The van der Waals surface area contributed by atoms with Gasteiger partial charge in [0, 0.05) is 31.5 Å². The number of primary amides is 1. The molecule has 1 aliphatic rings. The van der Waals surface area contributed by atoms with Crippen molar-refractivity contribution in [2.24, 2.45) is 22.8 Å². The van der Waals surface area contributed by atoms with E-state index in [1.807, 2.05) is 20.8 Å². The molecule has 0 aromatic rings. The van der Waals surface area contributed by atoms with Crippen LogP contribution in [0, 0.1) is 11.3 Å². The molecule has 0 saturated carbocycles. The van der Waals surface area contributed by atoms with Crippen molar-refractivity contribution in [1.29, 1.82) is 0 Å². The smallest absolute Gasteiger partial charge is 0.224 e. The van der Waals surface area contributed by atoms with Crippen LogP contribution in [-0.2, 0) is 9.59 Å². The van der Waals surface area contributed by atoms with Crippen molar-refractivity contribution in [2.75, 3.05) is 13.1 Å². The molecule has 1 heterocycles. The molecule has 0 aliphatic carbocycles. The predicted octanol–water partition coefficient (Wildman–Crippen LogP) is 0.474. The van der Waals surface area contributed by atoms with Gasteiger partial charge < -0.3 is 16.4 Å². The fraction of sp³-hybridized carbons (Fsp3) is 0.846. The van der Waals surface area contributed by atoms with Gasteiger partial charge in [-0.05, 0) is 18.3 Å². The molecule has 0 bridgehead atoms. The normalized spacial score (nSPS) is 19.7. The third-order valence-corrected chi connectivity index (χ3v) is 3.76. The highest BCUT2D eigenvalue weighted by atomic mass is 16.2. The Morgan fingerprint density at radius 3 is 2.17 bits per heavy atom. The molecule has 0 spiro atoms. The Morgan fingerprint density at radius 1 is 1.28 bits per heavy atom. The van der Waals surface area contributed by atoms with Crippen molar-refractivity contribution in [3.8, 4) is 0 Å². The first kappa shape index (κ1) is 15.0. The molecular weight excluding hydrogens is 230 g/mol. The second-order valence-electron chi connectivity index (χ2n) is 6.23. The molecule has 0 aromatic carbocycles. The van der Waals surface area contributed by atoms with Crippen molar-refractivity contribution < 1.29 is 9.59 Å². The van der Waals surface area contributed by atoms with E-state index >= 15 is 0 Å². The fourth-order valence-corrected chi connectivity index (χ4v) is 2.04. The zero-order valence-electron chi connectivity index (χ0n) is 11.6. The third-order valence-electron chi connectivity index (χ3n) is 3.76. The Bertz CT molecular complexity index is 315. The summed E-state index contributed by atoms with van der Waals surface area (Å²) in [4.78, 5) is 24.9. The quantitative estimate of drug-likeness (QED) is 0.768. The fourth-order valence-electron chi connectivity index (χ4n) is 2.04. The van der Waals surface area contributed by atoms with E-state index in [4.69, 9.17) is 11.5 Å². The van der Waals surface area contributed by atoms with Gasteiger partial charge in [0.25, 0.3) is 0 Å². The lowest BCUT2D eigenvalue weighted by Gasteiger charge is -2.33. The maximum Gasteiger partial charge on any atom is 0.224 e. The molecule has 1 fully saturated rings. The minimum Gasteiger partial charge on any atom is -0.369 e. The number of carbonyl (C=O) groups excluding carboxylic acids is 2. The molecule has 1 aliphatic heterocycles. The van der Waals surface area contributed by atoms with Gasteiger partial charge in [-0.2, -0.15) is 0 Å². The summed E-state index contributed by atoms with van der Waals surface area (Å²) in [5.74, 6) is -0.251. The van der Waals surface area contributed by atoms with Crippen LogP contribution in [0.25, 0.3) is 0 Å². The second kappa shape index (κ2) is 5.69. The molecule has 104 valence electrons. The van der Waals surface area contributed by atoms with E-state index in [1.165, 1.54) is 0 Å². The molecule has 18 heavy (non-hydrogen) atoms. The van der Waals surface area contributed by atoms with Crippen LogP contribution < -0.4 is 11.5 Å². The average Bonchev–Trinajstić information content (AvgIpc) is 2.27. The number of nitrogens with zero attached hydrogens (tertiary/aromatic N) is 1. The maximum absolute atomic E-state index is 12.1. The van der Waals surface area contributed by atoms with E-state index < -0.39 is 0 Å². The Morgan fingerprint density at radius 2 is 1.78 bits per heavy atom. The van der Waals surface area contributed by atoms with Gasteiger partial charge in [0.2, 0.25) is 11.8 Å². The molecule has 1 atom stereocenters. The highest BCUT2D eigenvalue weighted by molar-refractivity contribution is 5.79. The van der Waals surface area contributed by atoms with Gasteiger partial charge >= 0.3 is 0 Å². The molecule has 1 rings (SSSR count). The zero-order chi connectivity index (χ0) is 13.9. The highest BCUT2D eigenvalue weighted by Gasteiger charge is 2.29. The number of hydrogen-bond acceptors (Lipinski definition) is 3. The van der Waals surface area contributed by atoms with Crippen LogP contribution in [0.1, 0.15) is 40.0 Å². The summed E-state index contributed by atoms with van der Waals surface area (Å²) in [6, 6.07) is -0.140. The summed E-state index contributed by atoms with van der Waals surface area (Å²) in [5.41, 5.74) is 11.2. The lowest BCUT2D eigenvalue weighted by Crippen LogP contribution is -2.45. The van der Waals surface area contributed by atoms with E-state index in [9.17, 15) is 9.59 Å². The van der Waals surface area contributed by atoms with Crippen LogP contribution in [-0.4, -0.2) is 35.8 Å².